The van der Waals surface area contributed by atoms with E-state index in [1.165, 1.54) is 11.1 Å². The Morgan fingerprint density at radius 2 is 2.06 bits per heavy atom. The van der Waals surface area contributed by atoms with Crippen molar-refractivity contribution in [1.29, 1.82) is 0 Å². The summed E-state index contributed by atoms with van der Waals surface area (Å²) in [6, 6.07) is 5.83. The molecule has 0 aliphatic heterocycles. The highest BCUT2D eigenvalue weighted by Crippen LogP contribution is 2.35. The van der Waals surface area contributed by atoms with E-state index in [1.807, 2.05) is 49.1 Å². The van der Waals surface area contributed by atoms with Crippen LogP contribution in [-0.2, 0) is 11.2 Å². The Balaban J connectivity index is 2.32. The lowest BCUT2D eigenvalue weighted by Crippen LogP contribution is -2.37. The molecule has 1 unspecified atom stereocenters. The maximum Gasteiger partial charge on any atom is 0.230 e. The third-order valence-corrected chi connectivity index (χ3v) is 6.24. The zero-order chi connectivity index (χ0) is 24.4. The van der Waals surface area contributed by atoms with Crippen LogP contribution in [0.3, 0.4) is 0 Å². The summed E-state index contributed by atoms with van der Waals surface area (Å²) < 4.78 is 0. The third kappa shape index (κ3) is 7.64. The molecule has 5 nitrogen and oxygen atoms in total. The van der Waals surface area contributed by atoms with Gasteiger partial charge in [0, 0.05) is 18.8 Å². The van der Waals surface area contributed by atoms with E-state index < -0.39 is 0 Å². The Hall–Kier alpha value is -2.79. The summed E-state index contributed by atoms with van der Waals surface area (Å²) in [6.45, 7) is 11.6. The van der Waals surface area contributed by atoms with Crippen molar-refractivity contribution in [1.82, 2.24) is 4.90 Å². The van der Waals surface area contributed by atoms with Gasteiger partial charge in [-0.3, -0.25) is 4.79 Å². The number of hydrogen-bond donors (Lipinski definition) is 2. The summed E-state index contributed by atoms with van der Waals surface area (Å²) in [5, 5.41) is 0. The van der Waals surface area contributed by atoms with E-state index in [0.29, 0.717) is 24.8 Å². The van der Waals surface area contributed by atoms with Crippen LogP contribution in [0.2, 0.25) is 0 Å². The van der Waals surface area contributed by atoms with Gasteiger partial charge in [0.25, 0.3) is 0 Å². The summed E-state index contributed by atoms with van der Waals surface area (Å²) in [6.07, 6.45) is 13.9. The van der Waals surface area contributed by atoms with Crippen LogP contribution < -0.4 is 16.5 Å². The first kappa shape index (κ1) is 26.5. The number of nitrogens with two attached hydrogens (primary N) is 2. The van der Waals surface area contributed by atoms with Crippen molar-refractivity contribution in [2.45, 2.75) is 66.2 Å². The van der Waals surface area contributed by atoms with Gasteiger partial charge in [-0.1, -0.05) is 56.7 Å². The van der Waals surface area contributed by atoms with E-state index in [-0.39, 0.29) is 11.8 Å². The molecule has 1 aliphatic carbocycles. The van der Waals surface area contributed by atoms with Crippen molar-refractivity contribution in [3.8, 4) is 5.75 Å². The first-order chi connectivity index (χ1) is 15.8. The summed E-state index contributed by atoms with van der Waals surface area (Å²) in [5.74, 6) is 6.38. The number of amides is 1. The van der Waals surface area contributed by atoms with E-state index >= 15 is 0 Å². The molecule has 1 amide bonds. The Morgan fingerprint density at radius 3 is 2.70 bits per heavy atom. The molecule has 180 valence electrons. The van der Waals surface area contributed by atoms with Gasteiger partial charge >= 0.3 is 0 Å². The lowest BCUT2D eigenvalue weighted by molar-refractivity contribution is -0.132. The van der Waals surface area contributed by atoms with Gasteiger partial charge in [0.2, 0.25) is 5.91 Å². The van der Waals surface area contributed by atoms with Crippen molar-refractivity contribution in [3.05, 3.63) is 76.5 Å². The molecule has 0 spiro atoms. The van der Waals surface area contributed by atoms with E-state index in [1.54, 1.807) is 0 Å². The highest BCUT2D eigenvalue weighted by Gasteiger charge is 2.30. The van der Waals surface area contributed by atoms with Crippen molar-refractivity contribution in [2.24, 2.45) is 17.5 Å². The van der Waals surface area contributed by atoms with Crippen molar-refractivity contribution in [2.75, 3.05) is 13.1 Å². The van der Waals surface area contributed by atoms with Gasteiger partial charge in [-0.15, -0.1) is 0 Å². The molecular weight excluding hydrogens is 410 g/mol. The topological polar surface area (TPSA) is 81.6 Å². The zero-order valence-corrected chi connectivity index (χ0v) is 20.9. The van der Waals surface area contributed by atoms with Gasteiger partial charge in [-0.25, -0.2) is 0 Å². The van der Waals surface area contributed by atoms with Crippen LogP contribution in [0.1, 0.15) is 70.9 Å². The smallest absolute Gasteiger partial charge is 0.230 e. The van der Waals surface area contributed by atoms with Crippen LogP contribution in [0.4, 0.5) is 0 Å². The van der Waals surface area contributed by atoms with E-state index in [2.05, 4.69) is 39.0 Å². The number of aryl methyl sites for hydroxylation is 1. The molecule has 33 heavy (non-hydrogen) atoms. The third-order valence-electron chi connectivity index (χ3n) is 6.24. The number of rotatable bonds is 10. The molecule has 0 radical (unpaired) electrons. The second-order valence-corrected chi connectivity index (χ2v) is 9.10. The number of fused-ring (bicyclic) bond motifs is 1. The quantitative estimate of drug-likeness (QED) is 0.361. The standard InChI is InChI=1S/C28H41N3O2/c1-6-22(20(3)4)11-9-17-31(19-21(5)13-15-24(29)7-2)28(32)26-12-8-10-23-14-16-25(33-30)18-27(23)26/h6,9,11,13-16,18,20,26H,7-8,10,12,17,19,29-30H2,1-5H3/b11-9-,21-13+,22-6+,24-15-. The Kier molecular flexibility index (Phi) is 10.5. The maximum atomic E-state index is 13.8. The highest BCUT2D eigenvalue weighted by atomic mass is 16.6. The predicted octanol–water partition coefficient (Wildman–Crippen LogP) is 5.55. The molecule has 0 saturated carbocycles. The van der Waals surface area contributed by atoms with Crippen molar-refractivity contribution >= 4 is 5.91 Å². The molecular formula is C28H41N3O2. The minimum atomic E-state index is -0.187. The minimum absolute atomic E-state index is 0.140. The minimum Gasteiger partial charge on any atom is -0.412 e. The fourth-order valence-electron chi connectivity index (χ4n) is 4.22. The summed E-state index contributed by atoms with van der Waals surface area (Å²) in [4.78, 5) is 20.7. The number of hydrogen-bond acceptors (Lipinski definition) is 4. The Bertz CT molecular complexity index is 925. The lowest BCUT2D eigenvalue weighted by atomic mass is 9.81. The van der Waals surface area contributed by atoms with Crippen LogP contribution in [0.15, 0.2) is 65.4 Å². The average Bonchev–Trinajstić information content (AvgIpc) is 2.82. The Morgan fingerprint density at radius 1 is 1.30 bits per heavy atom. The molecule has 1 atom stereocenters. The first-order valence-electron chi connectivity index (χ1n) is 12.0. The predicted molar refractivity (Wildman–Crippen MR) is 138 cm³/mol. The summed E-state index contributed by atoms with van der Waals surface area (Å²) in [5.41, 5.74) is 11.4. The highest BCUT2D eigenvalue weighted by molar-refractivity contribution is 5.85. The van der Waals surface area contributed by atoms with Crippen molar-refractivity contribution < 1.29 is 9.63 Å². The van der Waals surface area contributed by atoms with Gasteiger partial charge in [0.1, 0.15) is 5.75 Å². The monoisotopic (exact) mass is 451 g/mol. The van der Waals surface area contributed by atoms with E-state index in [4.69, 9.17) is 16.5 Å². The average molecular weight is 452 g/mol. The van der Waals surface area contributed by atoms with E-state index in [9.17, 15) is 4.79 Å². The van der Waals surface area contributed by atoms with Crippen LogP contribution in [-0.4, -0.2) is 23.9 Å². The first-order valence-corrected chi connectivity index (χ1v) is 12.0. The molecule has 0 heterocycles. The SMILES string of the molecule is C/C=C(\C=C/CN(C/C(C)=C/C=C(\N)CC)C(=O)C1CCCc2ccc(ON)cc21)C(C)C. The molecule has 5 heteroatoms. The fourth-order valence-corrected chi connectivity index (χ4v) is 4.22. The van der Waals surface area contributed by atoms with E-state index in [0.717, 1.165) is 42.5 Å². The number of allylic oxidation sites excluding steroid dienone is 6. The molecule has 2 rings (SSSR count). The van der Waals surface area contributed by atoms with Crippen LogP contribution in [0.5, 0.6) is 5.75 Å². The van der Waals surface area contributed by atoms with Crippen LogP contribution in [0.25, 0.3) is 0 Å². The number of carbonyl (C=O) groups excluding carboxylic acids is 1. The summed E-state index contributed by atoms with van der Waals surface area (Å²) in [7, 11) is 0. The second-order valence-electron chi connectivity index (χ2n) is 9.10. The second kappa shape index (κ2) is 13.0. The van der Waals surface area contributed by atoms with Crippen molar-refractivity contribution in [3.63, 3.8) is 0 Å². The van der Waals surface area contributed by atoms with Gasteiger partial charge in [-0.05, 0) is 80.4 Å². The number of benzene rings is 1. The molecule has 1 aromatic carbocycles. The number of nitrogens with zero attached hydrogens (tertiary/aromatic N) is 1. The Labute approximate surface area is 199 Å². The summed E-state index contributed by atoms with van der Waals surface area (Å²) >= 11 is 0. The molecule has 0 bridgehead atoms. The van der Waals surface area contributed by atoms with Crippen LogP contribution in [0, 0.1) is 5.92 Å². The number of carbonyl (C=O) groups is 1. The zero-order valence-electron chi connectivity index (χ0n) is 20.9. The molecule has 0 saturated heterocycles. The molecule has 1 aromatic rings. The van der Waals surface area contributed by atoms with Gasteiger partial charge in [0.15, 0.2) is 0 Å². The lowest BCUT2D eigenvalue weighted by Gasteiger charge is -2.31. The molecule has 1 aliphatic rings. The van der Waals surface area contributed by atoms with Gasteiger partial charge in [0.05, 0.1) is 5.92 Å². The molecule has 0 fully saturated rings. The van der Waals surface area contributed by atoms with Gasteiger partial charge in [-0.2, -0.15) is 5.90 Å². The van der Waals surface area contributed by atoms with Gasteiger partial charge < -0.3 is 15.5 Å². The molecule has 0 aromatic heterocycles. The maximum absolute atomic E-state index is 13.8. The fraction of sp³-hybridized carbons (Fsp3) is 0.464. The molecule has 4 N–H and O–H groups in total. The largest absolute Gasteiger partial charge is 0.412 e. The normalized spacial score (nSPS) is 17.4. The van der Waals surface area contributed by atoms with Crippen LogP contribution >= 0.6 is 0 Å².